The lowest BCUT2D eigenvalue weighted by Crippen LogP contribution is -2.65. The number of aliphatic hydroxyl groups excluding tert-OH is 8. The third kappa shape index (κ3) is 9.33. The number of rotatable bonds is 16. The molecule has 8 rings (SSSR count). The molecule has 0 aromatic carbocycles. The zero-order chi connectivity index (χ0) is 53.0. The van der Waals surface area contributed by atoms with Crippen LogP contribution >= 0.6 is 0 Å². The van der Waals surface area contributed by atoms with Gasteiger partial charge in [-0.2, -0.15) is 0 Å². The van der Waals surface area contributed by atoms with Gasteiger partial charge in [-0.3, -0.25) is 0 Å². The molecule has 8 fully saturated rings. The van der Waals surface area contributed by atoms with E-state index in [4.69, 9.17) is 0 Å². The minimum Gasteiger partial charge on any atom is -0.390 e. The molecule has 72 heavy (non-hydrogen) atoms. The van der Waals surface area contributed by atoms with Crippen molar-refractivity contribution >= 4 is 0 Å². The van der Waals surface area contributed by atoms with Gasteiger partial charge < -0.3 is 51.1 Å². The van der Waals surface area contributed by atoms with Crippen molar-refractivity contribution in [1.82, 2.24) is 0 Å². The van der Waals surface area contributed by atoms with Crippen molar-refractivity contribution in [1.29, 1.82) is 0 Å². The largest absolute Gasteiger partial charge is 0.390 e. The summed E-state index contributed by atoms with van der Waals surface area (Å²) in [5, 5.41) is 119. The molecule has 28 atom stereocenters. The van der Waals surface area contributed by atoms with E-state index >= 15 is 0 Å². The van der Waals surface area contributed by atoms with E-state index in [0.29, 0.717) is 63.2 Å². The lowest BCUT2D eigenvalue weighted by molar-refractivity contribution is -0.234. The fourth-order valence-electron chi connectivity index (χ4n) is 21.8. The summed E-state index contributed by atoms with van der Waals surface area (Å²) in [5.74, 6) is 2.06. The fraction of sp³-hybridized carbons (Fsp3) is 0.968. The van der Waals surface area contributed by atoms with Gasteiger partial charge in [0.2, 0.25) is 0 Å². The molecule has 8 aliphatic rings. The second kappa shape index (κ2) is 20.9. The van der Waals surface area contributed by atoms with E-state index in [1.54, 1.807) is 0 Å². The van der Waals surface area contributed by atoms with Gasteiger partial charge in [0, 0.05) is 0 Å². The Morgan fingerprint density at radius 1 is 0.444 bits per heavy atom. The van der Waals surface area contributed by atoms with Crippen LogP contribution in [0.2, 0.25) is 0 Å². The van der Waals surface area contributed by atoms with E-state index in [0.717, 1.165) is 64.2 Å². The number of hydrogen-bond donors (Lipinski definition) is 10. The summed E-state index contributed by atoms with van der Waals surface area (Å²) in [7, 11) is 0. The van der Waals surface area contributed by atoms with Crippen LogP contribution in [0.25, 0.3) is 0 Å². The van der Waals surface area contributed by atoms with Crippen molar-refractivity contribution < 1.29 is 51.1 Å². The van der Waals surface area contributed by atoms with E-state index in [1.165, 1.54) is 0 Å². The van der Waals surface area contributed by atoms with Gasteiger partial charge in [0.15, 0.2) is 0 Å². The third-order valence-corrected chi connectivity index (χ3v) is 25.6. The third-order valence-electron chi connectivity index (χ3n) is 25.6. The van der Waals surface area contributed by atoms with Crippen LogP contribution in [0.1, 0.15) is 199 Å². The Kier molecular flexibility index (Phi) is 16.7. The zero-order valence-electron chi connectivity index (χ0n) is 47.2. The van der Waals surface area contributed by atoms with Crippen LogP contribution in [0.15, 0.2) is 12.2 Å². The highest BCUT2D eigenvalue weighted by Crippen LogP contribution is 2.72. The van der Waals surface area contributed by atoms with Gasteiger partial charge in [-0.25, -0.2) is 0 Å². The summed E-state index contributed by atoms with van der Waals surface area (Å²) >= 11 is 0. The van der Waals surface area contributed by atoms with Gasteiger partial charge in [-0.1, -0.05) is 108 Å². The van der Waals surface area contributed by atoms with Gasteiger partial charge in [-0.15, -0.1) is 0 Å². The predicted octanol–water partition coefficient (Wildman–Crippen LogP) is 9.07. The second-order valence-corrected chi connectivity index (χ2v) is 29.3. The van der Waals surface area contributed by atoms with E-state index in [1.807, 2.05) is 0 Å². The maximum absolute atomic E-state index is 13.4. The molecule has 0 aromatic rings. The highest BCUT2D eigenvalue weighted by Gasteiger charge is 2.69. The second-order valence-electron chi connectivity index (χ2n) is 29.3. The van der Waals surface area contributed by atoms with Gasteiger partial charge in [0.1, 0.15) is 0 Å². The van der Waals surface area contributed by atoms with Crippen molar-refractivity contribution in [3.05, 3.63) is 12.2 Å². The SMILES string of the molecule is CC[C@@H](C(C)C)[C@@H](O)[C@@H](O)[C@@H](C)[C@H]1CC[C@H]2[C@@H]3C[C@](O)(C/C=C/C[C@@]4(O)C[C@@H]5[C@H](CC[C@]6(C)[C@@H]([C@H](C)[C@H](O)[C@H](O)[C@@H](CC)C(C)C)CC[C@@H]56)[C@@]5(C)C[C@@H](O)[C@@H](O)C[C@H]45)[C@H]4C[C@H](O)[C@H](O)C[C@]4(C)[C@H]3CC[C@]12C. The minimum atomic E-state index is -1.15. The molecular weight excluding hydrogens is 905 g/mol. The monoisotopic (exact) mass is 1010 g/mol. The van der Waals surface area contributed by atoms with Crippen molar-refractivity contribution in [3.63, 3.8) is 0 Å². The number of aliphatic hydroxyl groups is 10. The van der Waals surface area contributed by atoms with Crippen LogP contribution in [0.4, 0.5) is 0 Å². The average molecular weight is 1010 g/mol. The van der Waals surface area contributed by atoms with Crippen molar-refractivity contribution in [2.24, 2.45) is 116 Å². The Labute approximate surface area is 436 Å². The normalized spacial score (nSPS) is 50.4. The molecule has 0 heterocycles. The molecule has 0 saturated heterocycles. The summed E-state index contributed by atoms with van der Waals surface area (Å²) in [6.45, 7) is 26.4. The molecule has 0 radical (unpaired) electrons. The van der Waals surface area contributed by atoms with E-state index in [2.05, 4.69) is 95.2 Å². The molecule has 0 bridgehead atoms. The maximum atomic E-state index is 13.4. The summed E-state index contributed by atoms with van der Waals surface area (Å²) in [4.78, 5) is 0. The van der Waals surface area contributed by atoms with Gasteiger partial charge >= 0.3 is 0 Å². The Balaban J connectivity index is 1.04. The highest BCUT2D eigenvalue weighted by atomic mass is 16.3. The molecule has 10 N–H and O–H groups in total. The molecule has 8 saturated carbocycles. The Morgan fingerprint density at radius 3 is 1.10 bits per heavy atom. The quantitative estimate of drug-likeness (QED) is 0.0665. The first-order chi connectivity index (χ1) is 33.6. The molecule has 0 aromatic heterocycles. The van der Waals surface area contributed by atoms with Crippen LogP contribution in [0, 0.1) is 116 Å². The lowest BCUT2D eigenvalue weighted by Gasteiger charge is -2.66. The van der Waals surface area contributed by atoms with E-state index < -0.39 is 70.9 Å². The molecule has 10 nitrogen and oxygen atoms in total. The predicted molar refractivity (Wildman–Crippen MR) is 284 cm³/mol. The summed E-state index contributed by atoms with van der Waals surface area (Å²) < 4.78 is 0. The topological polar surface area (TPSA) is 202 Å². The maximum Gasteiger partial charge on any atom is 0.0832 e. The molecule has 0 amide bonds. The molecule has 10 heteroatoms. The van der Waals surface area contributed by atoms with Crippen LogP contribution in [0.5, 0.6) is 0 Å². The van der Waals surface area contributed by atoms with Crippen LogP contribution < -0.4 is 0 Å². The number of fused-ring (bicyclic) bond motifs is 10. The van der Waals surface area contributed by atoms with Gasteiger partial charge in [-0.05, 0) is 219 Å². The van der Waals surface area contributed by atoms with Gasteiger partial charge in [0.05, 0.1) is 60.0 Å². The molecule has 0 unspecified atom stereocenters. The van der Waals surface area contributed by atoms with Crippen molar-refractivity contribution in [2.45, 2.75) is 259 Å². The number of hydrogen-bond acceptors (Lipinski definition) is 10. The first-order valence-corrected chi connectivity index (χ1v) is 30.1. The molecule has 8 aliphatic carbocycles. The zero-order valence-corrected chi connectivity index (χ0v) is 47.2. The summed E-state index contributed by atoms with van der Waals surface area (Å²) in [6, 6.07) is 0. The molecular formula is C62H108O10. The first-order valence-electron chi connectivity index (χ1n) is 30.1. The van der Waals surface area contributed by atoms with Gasteiger partial charge in [0.25, 0.3) is 0 Å². The first kappa shape index (κ1) is 57.5. The Hall–Kier alpha value is -0.660. The van der Waals surface area contributed by atoms with Crippen LogP contribution in [-0.4, -0.2) is 111 Å². The molecule has 416 valence electrons. The summed E-state index contributed by atoms with van der Waals surface area (Å²) in [5.41, 5.74) is -3.22. The lowest BCUT2D eigenvalue weighted by atomic mass is 9.40. The van der Waals surface area contributed by atoms with Crippen LogP contribution in [0.3, 0.4) is 0 Å². The fourth-order valence-corrected chi connectivity index (χ4v) is 21.8. The Morgan fingerprint density at radius 2 is 0.778 bits per heavy atom. The van der Waals surface area contributed by atoms with Crippen LogP contribution in [-0.2, 0) is 0 Å². The average Bonchev–Trinajstić information content (AvgIpc) is 3.86. The van der Waals surface area contributed by atoms with Crippen molar-refractivity contribution in [3.8, 4) is 0 Å². The van der Waals surface area contributed by atoms with Crippen molar-refractivity contribution in [2.75, 3.05) is 0 Å². The molecule has 0 spiro atoms. The highest BCUT2D eigenvalue weighted by molar-refractivity contribution is 5.20. The van der Waals surface area contributed by atoms with E-state index in [9.17, 15) is 51.1 Å². The summed E-state index contributed by atoms with van der Waals surface area (Å²) in [6.07, 6.45) is 10.5. The smallest absolute Gasteiger partial charge is 0.0832 e. The molecule has 0 aliphatic heterocycles. The Bertz CT molecular complexity index is 1750. The minimum absolute atomic E-state index is 0.0274. The standard InChI is InChI=1S/C62H108O10/c1-13-37(33(3)4)55(69)53(67)35(7)41-17-19-43-39-29-61(71,51-27-47(63)49(65)31-59(51,11)45(39)21-25-57(41,43)9)23-15-16-24-62(72)30-40-44-20-18-42(36(8)54(68)56(70)38(14-2)34(5)6)58(44,10)26-22-46(40)60(12)32-50(66)48(64)28-52(60)62/h15-16,33-56,63-72H,13-14,17-32H2,1-12H3/b16-15+/t35-,36-,37-,38-,39-,40-,41+,42+,43-,44-,45-,46-,47-,48-,49+,50+,51-,52-,53-,54-,55+,56+,57+,58+,59+,60+,61+,62+/m0/s1. The van der Waals surface area contributed by atoms with E-state index in [-0.39, 0.29) is 93.7 Å².